The molecule has 5 aromatic rings. The van der Waals surface area contributed by atoms with Gasteiger partial charge in [0.25, 0.3) is 0 Å². The molecule has 13 nitrogen and oxygen atoms in total. The van der Waals surface area contributed by atoms with Gasteiger partial charge >= 0.3 is 23.9 Å². The van der Waals surface area contributed by atoms with Crippen LogP contribution in [0.15, 0.2) is 152 Å². The molecule has 302 valence electrons. The van der Waals surface area contributed by atoms with Crippen LogP contribution >= 0.6 is 0 Å². The van der Waals surface area contributed by atoms with Crippen molar-refractivity contribution in [3.05, 3.63) is 179 Å². The van der Waals surface area contributed by atoms with Crippen molar-refractivity contribution in [2.45, 2.75) is 61.9 Å². The van der Waals surface area contributed by atoms with Gasteiger partial charge in [-0.1, -0.05) is 103 Å². The van der Waals surface area contributed by atoms with Crippen LogP contribution in [0.2, 0.25) is 0 Å². The minimum absolute atomic E-state index is 0.00557. The van der Waals surface area contributed by atoms with Crippen molar-refractivity contribution in [2.75, 3.05) is 13.2 Å². The summed E-state index contributed by atoms with van der Waals surface area (Å²) in [6.07, 6.45) is -9.85. The summed E-state index contributed by atoms with van der Waals surface area (Å²) in [4.78, 5) is 54.8. The molecule has 3 saturated heterocycles. The molecule has 3 fully saturated rings. The van der Waals surface area contributed by atoms with E-state index in [0.29, 0.717) is 6.61 Å². The number of rotatable bonds is 14. The van der Waals surface area contributed by atoms with E-state index in [1.807, 2.05) is 30.3 Å². The number of carbonyl (C=O) groups is 4. The average Bonchev–Trinajstić information content (AvgIpc) is 4.11. The Hall–Kier alpha value is -6.22. The van der Waals surface area contributed by atoms with Crippen molar-refractivity contribution in [3.63, 3.8) is 0 Å². The molecule has 0 aromatic heterocycles. The summed E-state index contributed by atoms with van der Waals surface area (Å²) >= 11 is 0. The molecule has 8 rings (SSSR count). The van der Waals surface area contributed by atoms with Gasteiger partial charge in [0.15, 0.2) is 30.9 Å². The summed E-state index contributed by atoms with van der Waals surface area (Å²) in [7, 11) is 0. The fourth-order valence-corrected chi connectivity index (χ4v) is 6.86. The molecule has 0 spiro atoms. The maximum absolute atomic E-state index is 13.9. The number of hydrogen-bond acceptors (Lipinski definition) is 13. The van der Waals surface area contributed by atoms with Gasteiger partial charge in [0.05, 0.1) is 35.5 Å². The number of fused-ring (bicyclic) bond motifs is 1. The molecule has 0 saturated carbocycles. The molecule has 5 aromatic carbocycles. The Morgan fingerprint density at radius 2 is 0.949 bits per heavy atom. The molecule has 0 radical (unpaired) electrons. The van der Waals surface area contributed by atoms with E-state index >= 15 is 0 Å². The fraction of sp³-hybridized carbons (Fsp3) is 0.261. The second-order valence-corrected chi connectivity index (χ2v) is 14.0. The predicted octanol–water partition coefficient (Wildman–Crippen LogP) is 5.97. The first-order valence-corrected chi connectivity index (χ1v) is 19.1. The second kappa shape index (κ2) is 18.6. The number of epoxide rings is 1. The standard InChI is InChI=1S/C46H40O13/c47-41(30-18-8-2-9-19-30)51-27-34-36(57-42(48)31-20-10-3-11-21-31)38(58-43(49)32-22-12-4-13-23-32)40(59-44(50)33-24-14-5-15-25-33)46(54-34)55-35-28-53-45(39-37(35)56-39)52-26-29-16-6-1-7-17-29/h1-25,34-40,45-46H,26-28H2/t34-,35-,36+,37-,38+,39-,40-,45-,46+/m1/s1. The van der Waals surface area contributed by atoms with Crippen LogP contribution in [0.25, 0.3) is 0 Å². The summed E-state index contributed by atoms with van der Waals surface area (Å²) in [5.74, 6) is -3.11. The first-order valence-electron chi connectivity index (χ1n) is 19.1. The molecule has 0 amide bonds. The Balaban J connectivity index is 1.12. The van der Waals surface area contributed by atoms with E-state index < -0.39 is 85.8 Å². The zero-order valence-corrected chi connectivity index (χ0v) is 31.6. The summed E-state index contributed by atoms with van der Waals surface area (Å²) in [6.45, 7) is -0.194. The Kier molecular flexibility index (Phi) is 12.5. The maximum atomic E-state index is 13.9. The van der Waals surface area contributed by atoms with E-state index in [4.69, 9.17) is 42.6 Å². The van der Waals surface area contributed by atoms with Crippen molar-refractivity contribution in [3.8, 4) is 0 Å². The molecule has 3 aliphatic heterocycles. The van der Waals surface area contributed by atoms with Gasteiger partial charge in [-0.3, -0.25) is 0 Å². The number of benzene rings is 5. The summed E-state index contributed by atoms with van der Waals surface area (Å²) in [5, 5.41) is 0. The highest BCUT2D eigenvalue weighted by molar-refractivity contribution is 5.91. The zero-order chi connectivity index (χ0) is 40.6. The molecular formula is C46H40O13. The van der Waals surface area contributed by atoms with Gasteiger partial charge in [0.1, 0.15) is 31.0 Å². The monoisotopic (exact) mass is 800 g/mol. The normalized spacial score (nSPS) is 25.7. The lowest BCUT2D eigenvalue weighted by Crippen LogP contribution is -2.64. The lowest BCUT2D eigenvalue weighted by atomic mass is 9.97. The first kappa shape index (κ1) is 39.6. The van der Waals surface area contributed by atoms with Crippen molar-refractivity contribution in [1.29, 1.82) is 0 Å². The van der Waals surface area contributed by atoms with Crippen LogP contribution in [0.3, 0.4) is 0 Å². The smallest absolute Gasteiger partial charge is 0.338 e. The van der Waals surface area contributed by atoms with E-state index in [9.17, 15) is 19.2 Å². The van der Waals surface area contributed by atoms with Crippen LogP contribution in [0.5, 0.6) is 0 Å². The highest BCUT2D eigenvalue weighted by Gasteiger charge is 2.59. The van der Waals surface area contributed by atoms with Crippen molar-refractivity contribution in [2.24, 2.45) is 0 Å². The van der Waals surface area contributed by atoms with Crippen LogP contribution in [0.4, 0.5) is 0 Å². The summed E-state index contributed by atoms with van der Waals surface area (Å²) in [5.41, 5.74) is 1.75. The third-order valence-corrected chi connectivity index (χ3v) is 9.92. The quantitative estimate of drug-likeness (QED) is 0.0737. The number of hydrogen-bond donors (Lipinski definition) is 0. The second-order valence-electron chi connectivity index (χ2n) is 14.0. The Labute approximate surface area is 339 Å². The molecule has 3 aliphatic rings. The lowest BCUT2D eigenvalue weighted by Gasteiger charge is -2.45. The van der Waals surface area contributed by atoms with E-state index in [1.165, 1.54) is 0 Å². The van der Waals surface area contributed by atoms with Crippen LogP contribution in [0, 0.1) is 0 Å². The summed E-state index contributed by atoms with van der Waals surface area (Å²) < 4.78 is 55.2. The zero-order valence-electron chi connectivity index (χ0n) is 31.6. The van der Waals surface area contributed by atoms with Gasteiger partial charge in [-0.2, -0.15) is 0 Å². The average molecular weight is 801 g/mol. The van der Waals surface area contributed by atoms with Gasteiger partial charge in [0.2, 0.25) is 0 Å². The van der Waals surface area contributed by atoms with Crippen molar-refractivity contribution < 1.29 is 61.8 Å². The first-order chi connectivity index (χ1) is 28.9. The molecule has 3 heterocycles. The Morgan fingerprint density at radius 1 is 0.492 bits per heavy atom. The molecule has 0 bridgehead atoms. The Bertz CT molecular complexity index is 2170. The van der Waals surface area contributed by atoms with E-state index in [0.717, 1.165) is 5.56 Å². The highest BCUT2D eigenvalue weighted by Crippen LogP contribution is 2.40. The molecule has 0 aliphatic carbocycles. The highest BCUT2D eigenvalue weighted by atomic mass is 16.8. The van der Waals surface area contributed by atoms with Crippen molar-refractivity contribution >= 4 is 23.9 Å². The van der Waals surface area contributed by atoms with Gasteiger partial charge in [0, 0.05) is 0 Å². The van der Waals surface area contributed by atoms with E-state index in [1.54, 1.807) is 121 Å². The van der Waals surface area contributed by atoms with E-state index in [2.05, 4.69) is 0 Å². The minimum atomic E-state index is -1.57. The maximum Gasteiger partial charge on any atom is 0.338 e. The van der Waals surface area contributed by atoms with Gasteiger partial charge in [-0.25, -0.2) is 19.2 Å². The minimum Gasteiger partial charge on any atom is -0.459 e. The van der Waals surface area contributed by atoms with Gasteiger partial charge < -0.3 is 42.6 Å². The largest absolute Gasteiger partial charge is 0.459 e. The van der Waals surface area contributed by atoms with Crippen LogP contribution in [-0.4, -0.2) is 92.4 Å². The number of carbonyl (C=O) groups excluding carboxylic acids is 4. The van der Waals surface area contributed by atoms with Crippen LogP contribution in [-0.2, 0) is 49.2 Å². The number of esters is 4. The lowest BCUT2D eigenvalue weighted by molar-refractivity contribution is -0.317. The predicted molar refractivity (Wildman–Crippen MR) is 207 cm³/mol. The molecule has 0 unspecified atom stereocenters. The topological polar surface area (TPSA) is 155 Å². The van der Waals surface area contributed by atoms with Gasteiger partial charge in [-0.15, -0.1) is 0 Å². The third-order valence-electron chi connectivity index (χ3n) is 9.92. The summed E-state index contributed by atoms with van der Waals surface area (Å²) in [6, 6.07) is 42.4. The Morgan fingerprint density at radius 3 is 1.47 bits per heavy atom. The molecule has 0 N–H and O–H groups in total. The van der Waals surface area contributed by atoms with Crippen LogP contribution < -0.4 is 0 Å². The van der Waals surface area contributed by atoms with Crippen LogP contribution in [0.1, 0.15) is 47.0 Å². The molecule has 9 atom stereocenters. The SMILES string of the molecule is O=C(OC[C@H]1O[C@@H](O[C@@H]2CO[C@@H](OCc3ccccc3)[C@@H]3O[C@@H]32)[C@H](OC(=O)c2ccccc2)[C@@H](OC(=O)c2ccccc2)[C@H]1OC(=O)c1ccccc1)c1ccccc1. The molecular weight excluding hydrogens is 760 g/mol. The van der Waals surface area contributed by atoms with Crippen molar-refractivity contribution in [1.82, 2.24) is 0 Å². The number of ether oxygens (including phenoxy) is 9. The van der Waals surface area contributed by atoms with E-state index in [-0.39, 0.29) is 28.9 Å². The van der Waals surface area contributed by atoms with Gasteiger partial charge in [-0.05, 0) is 54.1 Å². The fourth-order valence-electron chi connectivity index (χ4n) is 6.86. The third kappa shape index (κ3) is 9.74. The molecule has 59 heavy (non-hydrogen) atoms. The molecule has 13 heteroatoms.